The van der Waals surface area contributed by atoms with Crippen molar-refractivity contribution in [3.8, 4) is 0 Å². The van der Waals surface area contributed by atoms with Crippen LogP contribution in [0.4, 0.5) is 10.5 Å². The number of nitrogens with zero attached hydrogens (tertiary/aromatic N) is 3. The fourth-order valence-corrected chi connectivity index (χ4v) is 2.58. The molecule has 0 radical (unpaired) electrons. The molecule has 8 nitrogen and oxygen atoms in total. The van der Waals surface area contributed by atoms with E-state index in [9.17, 15) is 4.79 Å². The first-order chi connectivity index (χ1) is 14.2. The Balaban J connectivity index is 2.94. The molecule has 0 atom stereocenters. The van der Waals surface area contributed by atoms with E-state index in [1.54, 1.807) is 24.3 Å². The largest absolute Gasteiger partial charge is 0.489 e. The highest BCUT2D eigenvalue weighted by atomic mass is 35.5. The molecule has 0 aliphatic carbocycles. The summed E-state index contributed by atoms with van der Waals surface area (Å²) in [6.07, 6.45) is 6.43. The second-order valence-electron chi connectivity index (χ2n) is 6.25. The summed E-state index contributed by atoms with van der Waals surface area (Å²) in [6, 6.07) is 4.42. The van der Waals surface area contributed by atoms with Crippen LogP contribution in [0.5, 0.6) is 0 Å². The Hall–Kier alpha value is -2.81. The summed E-state index contributed by atoms with van der Waals surface area (Å²) < 4.78 is 5.73. The highest BCUT2D eigenvalue weighted by Crippen LogP contribution is 2.28. The lowest BCUT2D eigenvalue weighted by molar-refractivity contribution is 0.159. The molecular formula is C21H30ClN5O3. The second-order valence-corrected chi connectivity index (χ2v) is 6.66. The number of hydrogen-bond donors (Lipinski definition) is 2. The molecule has 0 fully saturated rings. The second kappa shape index (κ2) is 12.7. The molecule has 0 aliphatic heterocycles. The third kappa shape index (κ3) is 7.55. The number of oxime groups is 1. The smallest absolute Gasteiger partial charge is 0.352 e. The van der Waals surface area contributed by atoms with Crippen LogP contribution in [0, 0.1) is 0 Å². The third-order valence-corrected chi connectivity index (χ3v) is 4.24. The topological polar surface area (TPSA) is 106 Å². The SMILES string of the molecule is C=C(/C=C\C(=C/CC)C(C)=NOCC)OCc1c(Cl)cccc1N(N)C(=O)N(C)N. The number of ether oxygens (including phenoxy) is 1. The Morgan fingerprint density at radius 3 is 2.60 bits per heavy atom. The molecule has 9 heteroatoms. The van der Waals surface area contributed by atoms with Gasteiger partial charge in [0.1, 0.15) is 19.0 Å². The van der Waals surface area contributed by atoms with Crippen LogP contribution >= 0.6 is 11.6 Å². The van der Waals surface area contributed by atoms with E-state index in [4.69, 9.17) is 32.9 Å². The molecule has 0 heterocycles. The average molecular weight is 436 g/mol. The van der Waals surface area contributed by atoms with Gasteiger partial charge >= 0.3 is 6.03 Å². The lowest BCUT2D eigenvalue weighted by Crippen LogP contribution is -2.49. The summed E-state index contributed by atoms with van der Waals surface area (Å²) >= 11 is 6.30. The van der Waals surface area contributed by atoms with Crippen LogP contribution in [-0.2, 0) is 16.2 Å². The molecule has 0 aliphatic rings. The third-order valence-electron chi connectivity index (χ3n) is 3.88. The summed E-state index contributed by atoms with van der Waals surface area (Å²) in [5, 5.41) is 6.24. The Morgan fingerprint density at radius 1 is 1.30 bits per heavy atom. The number of anilines is 1. The standard InChI is InChI=1S/C21H30ClN5O3/c1-6-9-17(16(4)25-30-7-2)13-12-15(3)29-14-18-19(22)10-8-11-20(18)27(24)21(28)26(5)23/h8-13H,3,6-7,14,23-24H2,1-2,4-5H3/b13-12-,17-9+,25-16?. The Labute approximate surface area is 183 Å². The van der Waals surface area contributed by atoms with Gasteiger partial charge in [0.15, 0.2) is 0 Å². The number of nitrogens with two attached hydrogens (primary N) is 2. The zero-order valence-corrected chi connectivity index (χ0v) is 18.6. The first kappa shape index (κ1) is 25.2. The van der Waals surface area contributed by atoms with Gasteiger partial charge in [-0.3, -0.25) is 5.01 Å². The lowest BCUT2D eigenvalue weighted by atomic mass is 10.1. The van der Waals surface area contributed by atoms with Crippen molar-refractivity contribution in [2.45, 2.75) is 33.8 Å². The first-order valence-corrected chi connectivity index (χ1v) is 9.82. The van der Waals surface area contributed by atoms with Crippen LogP contribution in [0.25, 0.3) is 0 Å². The Bertz CT molecular complexity index is 834. The van der Waals surface area contributed by atoms with Gasteiger partial charge in [0.25, 0.3) is 0 Å². The zero-order valence-electron chi connectivity index (χ0n) is 17.9. The molecule has 4 N–H and O–H groups in total. The van der Waals surface area contributed by atoms with E-state index in [-0.39, 0.29) is 6.61 Å². The monoisotopic (exact) mass is 435 g/mol. The van der Waals surface area contributed by atoms with Crippen LogP contribution in [0.15, 0.2) is 59.5 Å². The van der Waals surface area contributed by atoms with Gasteiger partial charge in [-0.25, -0.2) is 21.5 Å². The van der Waals surface area contributed by atoms with E-state index >= 15 is 0 Å². The van der Waals surface area contributed by atoms with Gasteiger partial charge in [-0.05, 0) is 50.1 Å². The van der Waals surface area contributed by atoms with E-state index in [1.807, 2.05) is 32.9 Å². The number of rotatable bonds is 10. The molecule has 0 saturated heterocycles. The van der Waals surface area contributed by atoms with Crippen LogP contribution in [-0.4, -0.2) is 30.4 Å². The highest BCUT2D eigenvalue weighted by molar-refractivity contribution is 6.31. The van der Waals surface area contributed by atoms with E-state index < -0.39 is 6.03 Å². The molecule has 1 rings (SSSR count). The highest BCUT2D eigenvalue weighted by Gasteiger charge is 2.19. The van der Waals surface area contributed by atoms with Crippen LogP contribution in [0.3, 0.4) is 0 Å². The van der Waals surface area contributed by atoms with E-state index in [2.05, 4.69) is 11.7 Å². The van der Waals surface area contributed by atoms with Crippen molar-refractivity contribution in [2.75, 3.05) is 18.7 Å². The number of carbonyl (C=O) groups is 1. The van der Waals surface area contributed by atoms with Crippen LogP contribution < -0.4 is 16.7 Å². The number of hydrazine groups is 2. The summed E-state index contributed by atoms with van der Waals surface area (Å²) in [5.41, 5.74) is 2.57. The molecule has 2 amide bonds. The van der Waals surface area contributed by atoms with Gasteiger partial charge < -0.3 is 9.57 Å². The molecule has 0 spiro atoms. The van der Waals surface area contributed by atoms with Crippen LogP contribution in [0.1, 0.15) is 32.8 Å². The van der Waals surface area contributed by atoms with Crippen molar-refractivity contribution in [2.24, 2.45) is 16.8 Å². The molecule has 0 unspecified atom stereocenters. The molecule has 1 aromatic carbocycles. The lowest BCUT2D eigenvalue weighted by Gasteiger charge is -2.23. The number of urea groups is 1. The number of amides is 2. The molecule has 0 bridgehead atoms. The van der Waals surface area contributed by atoms with Gasteiger partial charge in [-0.2, -0.15) is 0 Å². The van der Waals surface area contributed by atoms with Crippen molar-refractivity contribution >= 4 is 29.0 Å². The molecular weight excluding hydrogens is 406 g/mol. The van der Waals surface area contributed by atoms with Crippen LogP contribution in [0.2, 0.25) is 5.02 Å². The first-order valence-electron chi connectivity index (χ1n) is 9.44. The number of hydrogen-bond acceptors (Lipinski definition) is 6. The molecule has 30 heavy (non-hydrogen) atoms. The van der Waals surface area contributed by atoms with Gasteiger partial charge in [0.05, 0.1) is 11.4 Å². The Kier molecular flexibility index (Phi) is 10.7. The van der Waals surface area contributed by atoms with Gasteiger partial charge in [-0.1, -0.05) is 42.4 Å². The maximum Gasteiger partial charge on any atom is 0.352 e. The number of benzene rings is 1. The van der Waals surface area contributed by atoms with E-state index in [0.717, 1.165) is 27.7 Å². The summed E-state index contributed by atoms with van der Waals surface area (Å²) in [7, 11) is 1.40. The summed E-state index contributed by atoms with van der Waals surface area (Å²) in [4.78, 5) is 17.2. The van der Waals surface area contributed by atoms with Crippen molar-refractivity contribution in [3.05, 3.63) is 64.9 Å². The maximum atomic E-state index is 12.1. The molecule has 0 aromatic heterocycles. The fraction of sp³-hybridized carbons (Fsp3) is 0.333. The number of halogens is 1. The summed E-state index contributed by atoms with van der Waals surface area (Å²) in [5.74, 6) is 11.8. The average Bonchev–Trinajstić information content (AvgIpc) is 2.72. The predicted molar refractivity (Wildman–Crippen MR) is 122 cm³/mol. The molecule has 0 saturated carbocycles. The number of carbonyl (C=O) groups excluding carboxylic acids is 1. The van der Waals surface area contributed by atoms with Gasteiger partial charge in [0, 0.05) is 17.6 Å². The number of allylic oxidation sites excluding steroid dienone is 4. The van der Waals surface area contributed by atoms with Crippen molar-refractivity contribution in [1.82, 2.24) is 5.01 Å². The van der Waals surface area contributed by atoms with Crippen molar-refractivity contribution in [1.29, 1.82) is 0 Å². The Morgan fingerprint density at radius 2 is 2.00 bits per heavy atom. The summed E-state index contributed by atoms with van der Waals surface area (Å²) in [6.45, 7) is 10.2. The minimum absolute atomic E-state index is 0.0618. The molecule has 1 aromatic rings. The van der Waals surface area contributed by atoms with Crippen molar-refractivity contribution in [3.63, 3.8) is 0 Å². The van der Waals surface area contributed by atoms with Crippen molar-refractivity contribution < 1.29 is 14.4 Å². The van der Waals surface area contributed by atoms with Gasteiger partial charge in [0.2, 0.25) is 0 Å². The maximum absolute atomic E-state index is 12.1. The predicted octanol–water partition coefficient (Wildman–Crippen LogP) is 4.28. The minimum atomic E-state index is -0.601. The van der Waals surface area contributed by atoms with E-state index in [1.165, 1.54) is 7.05 Å². The molecule has 164 valence electrons. The fourth-order valence-electron chi connectivity index (χ4n) is 2.35. The zero-order chi connectivity index (χ0) is 22.7. The van der Waals surface area contributed by atoms with Gasteiger partial charge in [-0.15, -0.1) is 0 Å². The normalized spacial score (nSPS) is 12.1. The quantitative estimate of drug-likeness (QED) is 0.142. The minimum Gasteiger partial charge on any atom is -0.489 e. The van der Waals surface area contributed by atoms with E-state index in [0.29, 0.717) is 28.6 Å².